The molecule has 29 heavy (non-hydrogen) atoms. The number of morpholine rings is 1. The van der Waals surface area contributed by atoms with E-state index in [4.69, 9.17) is 4.74 Å². The van der Waals surface area contributed by atoms with Gasteiger partial charge in [0.1, 0.15) is 11.6 Å². The molecule has 3 heterocycles. The lowest BCUT2D eigenvalue weighted by molar-refractivity contribution is -0.123. The third-order valence-electron chi connectivity index (χ3n) is 5.63. The smallest absolute Gasteiger partial charge is 0.291 e. The molecule has 1 atom stereocenters. The largest absolute Gasteiger partial charge is 0.379 e. The van der Waals surface area contributed by atoms with Crippen molar-refractivity contribution in [3.05, 3.63) is 40.8 Å². The molecule has 1 amide bonds. The zero-order valence-corrected chi connectivity index (χ0v) is 16.9. The Kier molecular flexibility index (Phi) is 5.64. The van der Waals surface area contributed by atoms with Crippen molar-refractivity contribution in [1.82, 2.24) is 24.6 Å². The van der Waals surface area contributed by atoms with Gasteiger partial charge in [-0.15, -0.1) is 0 Å². The number of benzene rings is 1. The van der Waals surface area contributed by atoms with Crippen LogP contribution in [0.5, 0.6) is 0 Å². The van der Waals surface area contributed by atoms with Gasteiger partial charge in [-0.25, -0.2) is 4.68 Å². The zero-order chi connectivity index (χ0) is 20.4. The van der Waals surface area contributed by atoms with Crippen molar-refractivity contribution in [3.63, 3.8) is 0 Å². The Morgan fingerprint density at radius 1 is 1.24 bits per heavy atom. The van der Waals surface area contributed by atoms with Crippen molar-refractivity contribution in [2.24, 2.45) is 7.05 Å². The quantitative estimate of drug-likeness (QED) is 0.634. The number of rotatable bonds is 6. The van der Waals surface area contributed by atoms with Gasteiger partial charge in [-0.1, -0.05) is 18.2 Å². The van der Waals surface area contributed by atoms with E-state index in [1.807, 2.05) is 35.8 Å². The second-order valence-electron chi connectivity index (χ2n) is 7.50. The van der Waals surface area contributed by atoms with Crippen LogP contribution in [0.25, 0.3) is 21.8 Å². The Bertz CT molecular complexity index is 1080. The molecule has 0 saturated carbocycles. The summed E-state index contributed by atoms with van der Waals surface area (Å²) in [5.74, 6) is -0.0894. The van der Waals surface area contributed by atoms with Crippen molar-refractivity contribution in [2.75, 3.05) is 39.4 Å². The van der Waals surface area contributed by atoms with E-state index in [0.29, 0.717) is 12.1 Å². The highest BCUT2D eigenvalue weighted by atomic mass is 16.5. The van der Waals surface area contributed by atoms with Gasteiger partial charge in [-0.3, -0.25) is 14.5 Å². The highest BCUT2D eigenvalue weighted by molar-refractivity contribution is 6.08. The van der Waals surface area contributed by atoms with Crippen LogP contribution in [0.2, 0.25) is 0 Å². The van der Waals surface area contributed by atoms with Crippen LogP contribution < -0.4 is 10.9 Å². The molecule has 0 aliphatic carbocycles. The Morgan fingerprint density at radius 3 is 2.79 bits per heavy atom. The molecule has 8 heteroatoms. The Balaban J connectivity index is 1.54. The topological polar surface area (TPSA) is 81.4 Å². The monoisotopic (exact) mass is 397 g/mol. The van der Waals surface area contributed by atoms with E-state index in [1.165, 1.54) is 4.68 Å². The highest BCUT2D eigenvalue weighted by Gasteiger charge is 2.23. The summed E-state index contributed by atoms with van der Waals surface area (Å²) in [6, 6.07) is 7.25. The first-order chi connectivity index (χ1) is 14.1. The van der Waals surface area contributed by atoms with E-state index < -0.39 is 6.04 Å². The fourth-order valence-corrected chi connectivity index (χ4v) is 3.99. The minimum absolute atomic E-state index is 0.0894. The molecule has 4 rings (SSSR count). The molecule has 1 aromatic carbocycles. The van der Waals surface area contributed by atoms with Crippen molar-refractivity contribution in [1.29, 1.82) is 0 Å². The van der Waals surface area contributed by atoms with E-state index in [-0.39, 0.29) is 11.5 Å². The van der Waals surface area contributed by atoms with E-state index in [9.17, 15) is 9.59 Å². The average Bonchev–Trinajstić information content (AvgIpc) is 3.09. The molecule has 1 saturated heterocycles. The van der Waals surface area contributed by atoms with Gasteiger partial charge in [-0.05, 0) is 26.0 Å². The summed E-state index contributed by atoms with van der Waals surface area (Å²) in [6.07, 6.45) is 2.58. The van der Waals surface area contributed by atoms with E-state index in [0.717, 1.165) is 55.6 Å². The number of carbonyl (C=O) groups excluding carboxylic acids is 1. The molecular weight excluding hydrogens is 370 g/mol. The molecule has 154 valence electrons. The van der Waals surface area contributed by atoms with Crippen LogP contribution in [-0.2, 0) is 16.6 Å². The number of hydrogen-bond donors (Lipinski definition) is 1. The fraction of sp³-hybridized carbons (Fsp3) is 0.476. The van der Waals surface area contributed by atoms with Gasteiger partial charge in [-0.2, -0.15) is 5.10 Å². The van der Waals surface area contributed by atoms with Gasteiger partial charge < -0.3 is 14.6 Å². The highest BCUT2D eigenvalue weighted by Crippen LogP contribution is 2.29. The summed E-state index contributed by atoms with van der Waals surface area (Å²) in [7, 11) is 1.63. The molecule has 8 nitrogen and oxygen atoms in total. The van der Waals surface area contributed by atoms with Gasteiger partial charge >= 0.3 is 0 Å². The summed E-state index contributed by atoms with van der Waals surface area (Å²) in [4.78, 5) is 28.0. The molecule has 1 unspecified atom stereocenters. The van der Waals surface area contributed by atoms with Gasteiger partial charge in [0, 0.05) is 37.5 Å². The van der Waals surface area contributed by atoms with Gasteiger partial charge in [0.15, 0.2) is 0 Å². The summed E-state index contributed by atoms with van der Waals surface area (Å²) in [5, 5.41) is 8.89. The SMILES string of the molecule is CC(C(=O)NCCCN1CCOCC1)n1c2ccccc2c2cnn(C)c(=O)c21. The Labute approximate surface area is 169 Å². The molecular formula is C21H27N5O3. The number of aryl methyl sites for hydroxylation is 1. The molecule has 1 aliphatic rings. The lowest BCUT2D eigenvalue weighted by atomic mass is 10.2. The fourth-order valence-electron chi connectivity index (χ4n) is 3.99. The lowest BCUT2D eigenvalue weighted by Crippen LogP contribution is -2.39. The summed E-state index contributed by atoms with van der Waals surface area (Å²) >= 11 is 0. The first-order valence-corrected chi connectivity index (χ1v) is 10.1. The number of para-hydroxylation sites is 1. The van der Waals surface area contributed by atoms with E-state index in [1.54, 1.807) is 13.2 Å². The van der Waals surface area contributed by atoms with Gasteiger partial charge in [0.25, 0.3) is 5.56 Å². The number of amides is 1. The van der Waals surface area contributed by atoms with Crippen molar-refractivity contribution in [3.8, 4) is 0 Å². The normalized spacial score (nSPS) is 16.3. The number of ether oxygens (including phenoxy) is 1. The van der Waals surface area contributed by atoms with E-state index in [2.05, 4.69) is 15.3 Å². The van der Waals surface area contributed by atoms with Crippen LogP contribution in [0.3, 0.4) is 0 Å². The molecule has 0 bridgehead atoms. The number of fused-ring (bicyclic) bond motifs is 3. The first-order valence-electron chi connectivity index (χ1n) is 10.1. The van der Waals surface area contributed by atoms with Gasteiger partial charge in [0.05, 0.1) is 24.9 Å². The van der Waals surface area contributed by atoms with Crippen LogP contribution in [-0.4, -0.2) is 64.5 Å². The maximum absolute atomic E-state index is 12.9. The Morgan fingerprint density at radius 2 is 2.00 bits per heavy atom. The zero-order valence-electron chi connectivity index (χ0n) is 16.9. The summed E-state index contributed by atoms with van der Waals surface area (Å²) < 4.78 is 8.51. The molecule has 1 aliphatic heterocycles. The van der Waals surface area contributed by atoms with Crippen LogP contribution >= 0.6 is 0 Å². The number of nitrogens with zero attached hydrogens (tertiary/aromatic N) is 4. The number of hydrogen-bond acceptors (Lipinski definition) is 5. The Hall–Kier alpha value is -2.71. The second-order valence-corrected chi connectivity index (χ2v) is 7.50. The minimum atomic E-state index is -0.504. The third kappa shape index (κ3) is 3.77. The maximum atomic E-state index is 12.9. The standard InChI is InChI=1S/C21H27N5O3/c1-15(20(27)22-8-5-9-25-10-12-29-13-11-25)26-18-7-4-3-6-16(18)17-14-23-24(2)21(28)19(17)26/h3-4,6-7,14-15H,5,8-13H2,1-2H3,(H,22,27). The molecule has 0 radical (unpaired) electrons. The molecule has 2 aromatic heterocycles. The predicted octanol–water partition coefficient (Wildman–Crippen LogP) is 1.29. The van der Waals surface area contributed by atoms with E-state index >= 15 is 0 Å². The number of aromatic nitrogens is 3. The summed E-state index contributed by atoms with van der Waals surface area (Å²) in [5.41, 5.74) is 1.17. The first kappa shape index (κ1) is 19.6. The summed E-state index contributed by atoms with van der Waals surface area (Å²) in [6.45, 7) is 6.84. The van der Waals surface area contributed by atoms with Crippen LogP contribution in [0.15, 0.2) is 35.3 Å². The van der Waals surface area contributed by atoms with Crippen molar-refractivity contribution >= 4 is 27.7 Å². The van der Waals surface area contributed by atoms with Crippen molar-refractivity contribution in [2.45, 2.75) is 19.4 Å². The van der Waals surface area contributed by atoms with Gasteiger partial charge in [0.2, 0.25) is 5.91 Å². The molecule has 1 N–H and O–H groups in total. The maximum Gasteiger partial charge on any atom is 0.291 e. The van der Waals surface area contributed by atoms with Crippen molar-refractivity contribution < 1.29 is 9.53 Å². The minimum Gasteiger partial charge on any atom is -0.379 e. The third-order valence-corrected chi connectivity index (χ3v) is 5.63. The predicted molar refractivity (Wildman–Crippen MR) is 112 cm³/mol. The molecule has 0 spiro atoms. The number of nitrogens with one attached hydrogen (secondary N) is 1. The molecule has 3 aromatic rings. The average molecular weight is 397 g/mol. The second kappa shape index (κ2) is 8.34. The van der Waals surface area contributed by atoms with Crippen LogP contribution in [0, 0.1) is 0 Å². The van der Waals surface area contributed by atoms with Crippen LogP contribution in [0.1, 0.15) is 19.4 Å². The number of carbonyl (C=O) groups is 1. The molecule has 1 fully saturated rings. The lowest BCUT2D eigenvalue weighted by Gasteiger charge is -2.26. The van der Waals surface area contributed by atoms with Crippen LogP contribution in [0.4, 0.5) is 0 Å².